The smallest absolute Gasteiger partial charge is 0.308 e. The number of hydrogen-bond acceptors (Lipinski definition) is 3. The standard InChI is InChI=1S/C11H12ClN5O/c1-6-3-4-8(5-9(6)12)14-11(18)15-10-13-7(2)16-17-10/h3-5H,1-2H3,(H3,13,14,15,16,17,18). The van der Waals surface area contributed by atoms with E-state index < -0.39 is 6.03 Å². The van der Waals surface area contributed by atoms with Gasteiger partial charge >= 0.3 is 6.03 Å². The first-order chi connectivity index (χ1) is 8.54. The van der Waals surface area contributed by atoms with E-state index in [0.29, 0.717) is 16.5 Å². The molecule has 0 spiro atoms. The molecule has 6 nitrogen and oxygen atoms in total. The number of nitrogens with zero attached hydrogens (tertiary/aromatic N) is 2. The van der Waals surface area contributed by atoms with Crippen molar-refractivity contribution in [3.63, 3.8) is 0 Å². The van der Waals surface area contributed by atoms with Crippen molar-refractivity contribution in [2.24, 2.45) is 0 Å². The van der Waals surface area contributed by atoms with Gasteiger partial charge in [0.15, 0.2) is 0 Å². The van der Waals surface area contributed by atoms with Gasteiger partial charge in [-0.05, 0) is 31.5 Å². The van der Waals surface area contributed by atoms with Crippen molar-refractivity contribution in [2.45, 2.75) is 13.8 Å². The largest absolute Gasteiger partial charge is 0.326 e. The molecule has 0 fully saturated rings. The summed E-state index contributed by atoms with van der Waals surface area (Å²) in [6.45, 7) is 3.64. The summed E-state index contributed by atoms with van der Waals surface area (Å²) in [4.78, 5) is 15.6. The first-order valence-electron chi connectivity index (χ1n) is 5.28. The molecule has 94 valence electrons. The van der Waals surface area contributed by atoms with E-state index in [-0.39, 0.29) is 5.95 Å². The second-order valence-corrected chi connectivity index (χ2v) is 4.19. The average molecular weight is 266 g/mol. The molecular weight excluding hydrogens is 254 g/mol. The van der Waals surface area contributed by atoms with Gasteiger partial charge in [0.2, 0.25) is 5.95 Å². The lowest BCUT2D eigenvalue weighted by atomic mass is 10.2. The Bertz CT molecular complexity index is 581. The highest BCUT2D eigenvalue weighted by Crippen LogP contribution is 2.19. The van der Waals surface area contributed by atoms with Crippen LogP contribution < -0.4 is 10.6 Å². The monoisotopic (exact) mass is 265 g/mol. The zero-order valence-electron chi connectivity index (χ0n) is 9.91. The number of halogens is 1. The van der Waals surface area contributed by atoms with Crippen LogP contribution in [-0.4, -0.2) is 21.2 Å². The van der Waals surface area contributed by atoms with Crippen molar-refractivity contribution in [2.75, 3.05) is 10.6 Å². The second kappa shape index (κ2) is 5.05. The van der Waals surface area contributed by atoms with Gasteiger partial charge in [-0.15, -0.1) is 5.10 Å². The number of hydrogen-bond donors (Lipinski definition) is 3. The van der Waals surface area contributed by atoms with Gasteiger partial charge in [-0.3, -0.25) is 10.4 Å². The van der Waals surface area contributed by atoms with Gasteiger partial charge in [0.25, 0.3) is 0 Å². The number of carbonyl (C=O) groups is 1. The predicted octanol–water partition coefficient (Wildman–Crippen LogP) is 2.72. The fourth-order valence-corrected chi connectivity index (χ4v) is 1.51. The molecule has 0 aliphatic rings. The first kappa shape index (κ1) is 12.4. The van der Waals surface area contributed by atoms with Gasteiger partial charge < -0.3 is 5.32 Å². The fraction of sp³-hybridized carbons (Fsp3) is 0.182. The molecule has 0 radical (unpaired) electrons. The summed E-state index contributed by atoms with van der Waals surface area (Å²) in [5, 5.41) is 12.2. The molecule has 0 bridgehead atoms. The minimum atomic E-state index is -0.422. The van der Waals surface area contributed by atoms with Crippen molar-refractivity contribution < 1.29 is 4.79 Å². The summed E-state index contributed by atoms with van der Waals surface area (Å²) in [5.41, 5.74) is 1.56. The fourth-order valence-electron chi connectivity index (χ4n) is 1.33. The Morgan fingerprint density at radius 3 is 2.72 bits per heavy atom. The molecule has 2 aromatic rings. The van der Waals surface area contributed by atoms with E-state index in [1.54, 1.807) is 19.1 Å². The Hall–Kier alpha value is -2.08. The maximum absolute atomic E-state index is 11.6. The zero-order chi connectivity index (χ0) is 13.1. The molecule has 1 aromatic carbocycles. The van der Waals surface area contributed by atoms with Crippen LogP contribution in [0.5, 0.6) is 0 Å². The van der Waals surface area contributed by atoms with Crippen LogP contribution >= 0.6 is 11.6 Å². The molecule has 3 N–H and O–H groups in total. The van der Waals surface area contributed by atoms with Crippen LogP contribution in [0.3, 0.4) is 0 Å². The van der Waals surface area contributed by atoms with Gasteiger partial charge in [-0.1, -0.05) is 17.7 Å². The second-order valence-electron chi connectivity index (χ2n) is 3.79. The average Bonchev–Trinajstić information content (AvgIpc) is 2.69. The van der Waals surface area contributed by atoms with Crippen molar-refractivity contribution in [3.05, 3.63) is 34.6 Å². The Labute approximate surface area is 109 Å². The summed E-state index contributed by atoms with van der Waals surface area (Å²) in [7, 11) is 0. The molecular formula is C11H12ClN5O. The number of aryl methyl sites for hydroxylation is 2. The van der Waals surface area contributed by atoms with E-state index in [1.807, 2.05) is 13.0 Å². The van der Waals surface area contributed by atoms with E-state index in [0.717, 1.165) is 5.56 Å². The van der Waals surface area contributed by atoms with E-state index in [1.165, 1.54) is 0 Å². The summed E-state index contributed by atoms with van der Waals surface area (Å²) >= 11 is 5.96. The number of urea groups is 1. The maximum Gasteiger partial charge on any atom is 0.326 e. The maximum atomic E-state index is 11.6. The lowest BCUT2D eigenvalue weighted by Crippen LogP contribution is -2.20. The summed E-state index contributed by atoms with van der Waals surface area (Å²) < 4.78 is 0. The number of nitrogens with one attached hydrogen (secondary N) is 3. The van der Waals surface area contributed by atoms with Crippen molar-refractivity contribution in [1.29, 1.82) is 0 Å². The highest BCUT2D eigenvalue weighted by molar-refractivity contribution is 6.31. The summed E-state index contributed by atoms with van der Waals surface area (Å²) in [6.07, 6.45) is 0. The SMILES string of the molecule is Cc1nc(NC(=O)Nc2ccc(C)c(Cl)c2)n[nH]1. The number of anilines is 2. The minimum absolute atomic E-state index is 0.225. The summed E-state index contributed by atoms with van der Waals surface area (Å²) in [6, 6.07) is 4.85. The molecule has 0 saturated heterocycles. The van der Waals surface area contributed by atoms with Gasteiger partial charge in [-0.25, -0.2) is 4.79 Å². The number of benzene rings is 1. The number of carbonyl (C=O) groups excluding carboxylic acids is 1. The molecule has 1 heterocycles. The molecule has 0 saturated carbocycles. The number of amides is 2. The Kier molecular flexibility index (Phi) is 3.47. The topological polar surface area (TPSA) is 82.7 Å². The predicted molar refractivity (Wildman–Crippen MR) is 70.0 cm³/mol. The Morgan fingerprint density at radius 2 is 2.11 bits per heavy atom. The molecule has 2 amide bonds. The molecule has 0 atom stereocenters. The molecule has 18 heavy (non-hydrogen) atoms. The Morgan fingerprint density at radius 1 is 1.33 bits per heavy atom. The van der Waals surface area contributed by atoms with E-state index >= 15 is 0 Å². The lowest BCUT2D eigenvalue weighted by molar-refractivity contribution is 0.262. The van der Waals surface area contributed by atoms with E-state index in [4.69, 9.17) is 11.6 Å². The lowest BCUT2D eigenvalue weighted by Gasteiger charge is -2.06. The molecule has 2 rings (SSSR count). The van der Waals surface area contributed by atoms with Crippen LogP contribution in [0.2, 0.25) is 5.02 Å². The highest BCUT2D eigenvalue weighted by atomic mass is 35.5. The van der Waals surface area contributed by atoms with Gasteiger partial charge in [0.1, 0.15) is 5.82 Å². The van der Waals surface area contributed by atoms with Crippen LogP contribution in [0.15, 0.2) is 18.2 Å². The highest BCUT2D eigenvalue weighted by Gasteiger charge is 2.06. The number of H-pyrrole nitrogens is 1. The van der Waals surface area contributed by atoms with Crippen LogP contribution in [0.4, 0.5) is 16.4 Å². The zero-order valence-corrected chi connectivity index (χ0v) is 10.7. The number of rotatable bonds is 2. The minimum Gasteiger partial charge on any atom is -0.308 e. The van der Waals surface area contributed by atoms with E-state index in [2.05, 4.69) is 25.8 Å². The van der Waals surface area contributed by atoms with Gasteiger partial charge in [0.05, 0.1) is 0 Å². The van der Waals surface area contributed by atoms with Crippen LogP contribution in [0.1, 0.15) is 11.4 Å². The van der Waals surface area contributed by atoms with Gasteiger partial charge in [0, 0.05) is 10.7 Å². The van der Waals surface area contributed by atoms with Crippen molar-refractivity contribution in [3.8, 4) is 0 Å². The van der Waals surface area contributed by atoms with Crippen LogP contribution in [-0.2, 0) is 0 Å². The van der Waals surface area contributed by atoms with Crippen molar-refractivity contribution >= 4 is 29.3 Å². The number of aromatic amines is 1. The van der Waals surface area contributed by atoms with Crippen LogP contribution in [0.25, 0.3) is 0 Å². The molecule has 0 aliphatic carbocycles. The molecule has 0 unspecified atom stereocenters. The normalized spacial score (nSPS) is 10.2. The third-order valence-corrected chi connectivity index (χ3v) is 2.66. The molecule has 0 aliphatic heterocycles. The summed E-state index contributed by atoms with van der Waals surface area (Å²) in [5.74, 6) is 0.854. The Balaban J connectivity index is 2.00. The number of aromatic nitrogens is 3. The van der Waals surface area contributed by atoms with E-state index in [9.17, 15) is 4.79 Å². The quantitative estimate of drug-likeness (QED) is 0.781. The third-order valence-electron chi connectivity index (χ3n) is 2.25. The first-order valence-corrected chi connectivity index (χ1v) is 5.65. The van der Waals surface area contributed by atoms with Gasteiger partial charge in [-0.2, -0.15) is 4.98 Å². The van der Waals surface area contributed by atoms with Crippen molar-refractivity contribution in [1.82, 2.24) is 15.2 Å². The third kappa shape index (κ3) is 2.98. The molecule has 7 heteroatoms. The van der Waals surface area contributed by atoms with Crippen LogP contribution in [0, 0.1) is 13.8 Å². The molecule has 1 aromatic heterocycles.